The van der Waals surface area contributed by atoms with E-state index in [2.05, 4.69) is 4.18 Å². The summed E-state index contributed by atoms with van der Waals surface area (Å²) >= 11 is 0. The molecule has 0 aliphatic carbocycles. The van der Waals surface area contributed by atoms with Crippen molar-refractivity contribution in [1.82, 2.24) is 0 Å². The van der Waals surface area contributed by atoms with Crippen molar-refractivity contribution in [3.05, 3.63) is 0 Å². The third-order valence-corrected chi connectivity index (χ3v) is 0.416. The van der Waals surface area contributed by atoms with Gasteiger partial charge in [-0.25, -0.2) is 0 Å². The Morgan fingerprint density at radius 2 is 2.00 bits per heavy atom. The van der Waals surface area contributed by atoms with Gasteiger partial charge in [0.1, 0.15) is 0 Å². The van der Waals surface area contributed by atoms with Crippen LogP contribution in [0.15, 0.2) is 0 Å². The molecular formula is CH4KNO3S. The summed E-state index contributed by atoms with van der Waals surface area (Å²) in [4.78, 5) is 0. The van der Waals surface area contributed by atoms with Gasteiger partial charge in [0.2, 0.25) is 0 Å². The number of hydrogen-bond donors (Lipinski definition) is 2. The molecular weight excluding hydrogens is 145 g/mol. The zero-order valence-electron chi connectivity index (χ0n) is 2.75. The average molecular weight is 149 g/mol. The van der Waals surface area contributed by atoms with Gasteiger partial charge in [0, 0.05) is 0 Å². The number of thiol groups is 1. The molecule has 0 radical (unpaired) electrons. The number of rotatable bonds is 2. The van der Waals surface area contributed by atoms with Crippen LogP contribution in [0.3, 0.4) is 0 Å². The van der Waals surface area contributed by atoms with Gasteiger partial charge in [-0.15, -0.1) is 0 Å². The zero-order chi connectivity index (χ0) is 4.99. The standard InChI is InChI=1S/CH3NO3S.K.H/c2-1-5-6(3)4;;/h1-2,6H;;. The molecule has 0 aromatic carbocycles. The molecule has 0 rings (SSSR count). The van der Waals surface area contributed by atoms with Gasteiger partial charge in [0.05, 0.1) is 0 Å². The van der Waals surface area contributed by atoms with Crippen LogP contribution < -0.4 is 0 Å². The normalized spacial score (nSPS) is 7.00. The third-order valence-electron chi connectivity index (χ3n) is 0.139. The van der Waals surface area contributed by atoms with Gasteiger partial charge in [-0.05, 0) is 0 Å². The van der Waals surface area contributed by atoms with Crippen molar-refractivity contribution in [1.29, 1.82) is 5.41 Å². The summed E-state index contributed by atoms with van der Waals surface area (Å²) in [5.74, 6) is 0. The van der Waals surface area contributed by atoms with Crippen LogP contribution >= 0.6 is 0 Å². The van der Waals surface area contributed by atoms with Gasteiger partial charge in [-0.1, -0.05) is 0 Å². The van der Waals surface area contributed by atoms with E-state index in [1.807, 2.05) is 0 Å². The fraction of sp³-hybridized carbons (Fsp3) is 0. The number of nitrogens with one attached hydrogen (secondary N) is 1. The van der Waals surface area contributed by atoms with E-state index in [1.54, 1.807) is 0 Å². The van der Waals surface area contributed by atoms with E-state index in [0.29, 0.717) is 6.40 Å². The Morgan fingerprint density at radius 1 is 1.57 bits per heavy atom. The molecule has 0 aliphatic heterocycles. The van der Waals surface area contributed by atoms with Crippen molar-refractivity contribution in [2.75, 3.05) is 0 Å². The minimum atomic E-state index is -2.84. The Bertz CT molecular complexity index is 102. The van der Waals surface area contributed by atoms with E-state index in [4.69, 9.17) is 5.41 Å². The molecule has 0 saturated carbocycles. The van der Waals surface area contributed by atoms with Crippen molar-refractivity contribution in [3.63, 3.8) is 0 Å². The molecule has 0 atom stereocenters. The quantitative estimate of drug-likeness (QED) is 0.217. The van der Waals surface area contributed by atoms with Crippen molar-refractivity contribution in [3.8, 4) is 0 Å². The molecule has 0 aliphatic rings. The Labute approximate surface area is 85.3 Å². The van der Waals surface area contributed by atoms with E-state index in [9.17, 15) is 8.42 Å². The van der Waals surface area contributed by atoms with E-state index in [-0.39, 0.29) is 51.4 Å². The van der Waals surface area contributed by atoms with Gasteiger partial charge >= 0.3 is 51.4 Å². The SMILES string of the molecule is N=CO[SH](=O)=O.[KH]. The van der Waals surface area contributed by atoms with Gasteiger partial charge in [-0.3, -0.25) is 5.41 Å². The summed E-state index contributed by atoms with van der Waals surface area (Å²) in [6.07, 6.45) is 0.353. The van der Waals surface area contributed by atoms with E-state index in [0.717, 1.165) is 0 Å². The molecule has 0 heterocycles. The summed E-state index contributed by atoms with van der Waals surface area (Å²) in [6, 6.07) is 0. The molecule has 0 aromatic heterocycles. The van der Waals surface area contributed by atoms with Crippen LogP contribution in [0.4, 0.5) is 0 Å². The Hall–Kier alpha value is 1.06. The Morgan fingerprint density at radius 3 is 2.00 bits per heavy atom. The second-order valence-electron chi connectivity index (χ2n) is 0.447. The molecule has 38 valence electrons. The number of hydrogen-bond acceptors (Lipinski definition) is 4. The zero-order valence-corrected chi connectivity index (χ0v) is 3.64. The van der Waals surface area contributed by atoms with Crippen molar-refractivity contribution in [2.45, 2.75) is 0 Å². The second-order valence-corrected chi connectivity index (χ2v) is 1.10. The second kappa shape index (κ2) is 7.06. The van der Waals surface area contributed by atoms with Crippen LogP contribution in [0.1, 0.15) is 0 Å². The molecule has 0 fully saturated rings. The van der Waals surface area contributed by atoms with E-state index >= 15 is 0 Å². The third kappa shape index (κ3) is 11.0. The van der Waals surface area contributed by atoms with E-state index in [1.165, 1.54) is 0 Å². The fourth-order valence-electron chi connectivity index (χ4n) is 0.0430. The first-order valence-corrected chi connectivity index (χ1v) is 2.17. The average Bonchev–Trinajstić information content (AvgIpc) is 1.35. The van der Waals surface area contributed by atoms with Gasteiger partial charge < -0.3 is 4.18 Å². The molecule has 0 amide bonds. The molecule has 4 nitrogen and oxygen atoms in total. The van der Waals surface area contributed by atoms with Crippen LogP contribution in [-0.2, 0) is 15.2 Å². The topological polar surface area (TPSA) is 67.2 Å². The van der Waals surface area contributed by atoms with Gasteiger partial charge in [0.25, 0.3) is 11.0 Å². The predicted octanol–water partition coefficient (Wildman–Crippen LogP) is -1.51. The molecule has 0 unspecified atom stereocenters. The minimum absolute atomic E-state index is 0. The maximum absolute atomic E-state index is 9.26. The summed E-state index contributed by atoms with van der Waals surface area (Å²) in [5.41, 5.74) is 0. The molecule has 0 saturated heterocycles. The summed E-state index contributed by atoms with van der Waals surface area (Å²) in [7, 11) is -2.84. The summed E-state index contributed by atoms with van der Waals surface area (Å²) < 4.78 is 22.1. The molecule has 0 aromatic rings. The maximum atomic E-state index is 9.26. The monoisotopic (exact) mass is 149 g/mol. The van der Waals surface area contributed by atoms with Crippen LogP contribution in [0, 0.1) is 5.41 Å². The first-order valence-electron chi connectivity index (χ1n) is 1.07. The first kappa shape index (κ1) is 10.9. The summed E-state index contributed by atoms with van der Waals surface area (Å²) in [6.45, 7) is 0. The van der Waals surface area contributed by atoms with Crippen LogP contribution in [0.25, 0.3) is 0 Å². The van der Waals surface area contributed by atoms with Crippen LogP contribution in [-0.4, -0.2) is 66.2 Å². The Balaban J connectivity index is 0. The van der Waals surface area contributed by atoms with Crippen molar-refractivity contribution < 1.29 is 12.6 Å². The van der Waals surface area contributed by atoms with Gasteiger partial charge in [-0.2, -0.15) is 8.42 Å². The Kier molecular flexibility index (Phi) is 11.0. The van der Waals surface area contributed by atoms with Crippen molar-refractivity contribution >= 4 is 68.8 Å². The van der Waals surface area contributed by atoms with E-state index < -0.39 is 11.0 Å². The molecule has 6 heteroatoms. The van der Waals surface area contributed by atoms with Crippen LogP contribution in [0.5, 0.6) is 0 Å². The predicted molar refractivity (Wildman–Crippen MR) is 27.3 cm³/mol. The molecule has 0 bridgehead atoms. The van der Waals surface area contributed by atoms with Gasteiger partial charge in [0.15, 0.2) is 6.40 Å². The molecule has 1 N–H and O–H groups in total. The first-order chi connectivity index (χ1) is 2.77. The molecule has 7 heavy (non-hydrogen) atoms. The van der Waals surface area contributed by atoms with Crippen molar-refractivity contribution in [2.24, 2.45) is 0 Å². The van der Waals surface area contributed by atoms with Crippen LogP contribution in [0.2, 0.25) is 0 Å². The fourth-order valence-corrected chi connectivity index (χ4v) is 0.129. The summed E-state index contributed by atoms with van der Waals surface area (Å²) in [5, 5.41) is 6.00. The molecule has 0 spiro atoms.